The summed E-state index contributed by atoms with van der Waals surface area (Å²) in [7, 11) is 4.71. The number of anilines is 2. The van der Waals surface area contributed by atoms with Crippen LogP contribution in [0.2, 0.25) is 0 Å². The number of rotatable bonds is 7. The first-order valence-electron chi connectivity index (χ1n) is 12.1. The molecule has 9 heteroatoms. The number of nitrogens with zero attached hydrogens (tertiary/aromatic N) is 3. The van der Waals surface area contributed by atoms with E-state index in [2.05, 4.69) is 10.6 Å². The maximum absolute atomic E-state index is 13.8. The lowest BCUT2D eigenvalue weighted by atomic mass is 9.93. The van der Waals surface area contributed by atoms with Crippen LogP contribution in [0, 0.1) is 6.92 Å². The highest BCUT2D eigenvalue weighted by atomic mass is 16.5. The number of ether oxygens (including phenoxy) is 3. The molecule has 2 heterocycles. The minimum atomic E-state index is -0.671. The van der Waals surface area contributed by atoms with Crippen molar-refractivity contribution in [1.29, 1.82) is 0 Å². The number of aryl methyl sites for hydroxylation is 1. The molecule has 0 saturated carbocycles. The van der Waals surface area contributed by atoms with Crippen LogP contribution in [0.15, 0.2) is 78.0 Å². The van der Waals surface area contributed by atoms with Crippen molar-refractivity contribution in [2.24, 2.45) is 0 Å². The first kappa shape index (κ1) is 24.9. The van der Waals surface area contributed by atoms with Gasteiger partial charge in [-0.25, -0.2) is 4.68 Å². The number of methoxy groups -OCH3 is 3. The van der Waals surface area contributed by atoms with Gasteiger partial charge >= 0.3 is 0 Å². The fraction of sp³-hybridized carbons (Fsp3) is 0.207. The molecule has 38 heavy (non-hydrogen) atoms. The Morgan fingerprint density at radius 1 is 0.895 bits per heavy atom. The van der Waals surface area contributed by atoms with Gasteiger partial charge in [-0.1, -0.05) is 42.0 Å². The van der Waals surface area contributed by atoms with Gasteiger partial charge < -0.3 is 24.8 Å². The Bertz CT molecular complexity index is 1530. The number of amides is 1. The van der Waals surface area contributed by atoms with Crippen molar-refractivity contribution < 1.29 is 19.0 Å². The zero-order chi connectivity index (χ0) is 26.8. The smallest absolute Gasteiger partial charge is 0.255 e. The third kappa shape index (κ3) is 4.54. The van der Waals surface area contributed by atoms with Gasteiger partial charge in [0.2, 0.25) is 5.95 Å². The van der Waals surface area contributed by atoms with Gasteiger partial charge in [-0.3, -0.25) is 4.79 Å². The molecule has 1 aliphatic heterocycles. The number of benzene rings is 3. The molecule has 1 unspecified atom stereocenters. The minimum Gasteiger partial charge on any atom is -0.496 e. The number of nitrogens with one attached hydrogen (secondary N) is 2. The van der Waals surface area contributed by atoms with E-state index in [4.69, 9.17) is 24.3 Å². The number of fused-ring (bicyclic) bond motifs is 1. The molecule has 3 aromatic carbocycles. The molecule has 0 spiro atoms. The SMILES string of the molecule is COc1cc(OC)c(C2C(C(=O)Nc3ccccc3)=C(C)Nc3nc(-c4cccc(C)c4)nn32)cc1OC. The first-order chi connectivity index (χ1) is 18.4. The first-order valence-corrected chi connectivity index (χ1v) is 12.1. The van der Waals surface area contributed by atoms with Gasteiger partial charge in [0.25, 0.3) is 5.91 Å². The van der Waals surface area contributed by atoms with Crippen LogP contribution in [-0.4, -0.2) is 42.0 Å². The third-order valence-corrected chi connectivity index (χ3v) is 6.44. The summed E-state index contributed by atoms with van der Waals surface area (Å²) in [5.41, 5.74) is 4.44. The summed E-state index contributed by atoms with van der Waals surface area (Å²) in [5, 5.41) is 11.2. The molecule has 2 N–H and O–H groups in total. The molecular weight excluding hydrogens is 482 g/mol. The van der Waals surface area contributed by atoms with Crippen molar-refractivity contribution >= 4 is 17.5 Å². The van der Waals surface area contributed by atoms with Crippen molar-refractivity contribution in [2.75, 3.05) is 32.0 Å². The molecule has 1 atom stereocenters. The fourth-order valence-electron chi connectivity index (χ4n) is 4.63. The van der Waals surface area contributed by atoms with E-state index >= 15 is 0 Å². The second-order valence-electron chi connectivity index (χ2n) is 8.91. The highest BCUT2D eigenvalue weighted by Gasteiger charge is 2.37. The zero-order valence-electron chi connectivity index (χ0n) is 21.9. The molecule has 0 bridgehead atoms. The summed E-state index contributed by atoms with van der Waals surface area (Å²) in [4.78, 5) is 18.6. The monoisotopic (exact) mass is 511 g/mol. The largest absolute Gasteiger partial charge is 0.496 e. The van der Waals surface area contributed by atoms with Crippen LogP contribution in [-0.2, 0) is 4.79 Å². The van der Waals surface area contributed by atoms with E-state index in [1.54, 1.807) is 32.1 Å². The quantitative estimate of drug-likeness (QED) is 0.352. The number of hydrogen-bond acceptors (Lipinski definition) is 7. The second-order valence-corrected chi connectivity index (χ2v) is 8.91. The van der Waals surface area contributed by atoms with Gasteiger partial charge in [0.05, 0.1) is 26.9 Å². The lowest BCUT2D eigenvalue weighted by Crippen LogP contribution is -2.31. The maximum Gasteiger partial charge on any atom is 0.255 e. The average molecular weight is 512 g/mol. The summed E-state index contributed by atoms with van der Waals surface area (Å²) < 4.78 is 18.6. The Labute approximate surface area is 221 Å². The summed E-state index contributed by atoms with van der Waals surface area (Å²) in [5.74, 6) is 2.31. The molecule has 0 saturated heterocycles. The average Bonchev–Trinajstić information content (AvgIpc) is 3.35. The predicted octanol–water partition coefficient (Wildman–Crippen LogP) is 5.21. The Morgan fingerprint density at radius 3 is 2.29 bits per heavy atom. The van der Waals surface area contributed by atoms with Crippen LogP contribution >= 0.6 is 0 Å². The standard InChI is InChI=1S/C29H29N5O4/c1-17-10-9-11-19(14-17)27-32-29-30-18(2)25(28(35)31-20-12-7-6-8-13-20)26(34(29)33-27)21-15-23(37-4)24(38-5)16-22(21)36-3/h6-16,26H,1-5H3,(H,31,35)(H,30,32,33). The Kier molecular flexibility index (Phi) is 6.74. The van der Waals surface area contributed by atoms with Crippen LogP contribution in [0.3, 0.4) is 0 Å². The van der Waals surface area contributed by atoms with Crippen molar-refractivity contribution in [2.45, 2.75) is 19.9 Å². The van der Waals surface area contributed by atoms with Crippen LogP contribution in [0.25, 0.3) is 11.4 Å². The normalized spacial score (nSPS) is 14.4. The molecule has 5 rings (SSSR count). The highest BCUT2D eigenvalue weighted by Crippen LogP contribution is 2.44. The summed E-state index contributed by atoms with van der Waals surface area (Å²) in [6.07, 6.45) is 0. The van der Waals surface area contributed by atoms with Crippen molar-refractivity contribution in [3.63, 3.8) is 0 Å². The minimum absolute atomic E-state index is 0.277. The molecule has 1 aromatic heterocycles. The lowest BCUT2D eigenvalue weighted by molar-refractivity contribution is -0.113. The Balaban J connectivity index is 1.70. The number of para-hydroxylation sites is 1. The van der Waals surface area contributed by atoms with Gasteiger partial charge in [0.1, 0.15) is 11.8 Å². The van der Waals surface area contributed by atoms with E-state index in [0.29, 0.717) is 51.5 Å². The molecule has 0 radical (unpaired) electrons. The van der Waals surface area contributed by atoms with Gasteiger partial charge in [-0.15, -0.1) is 5.10 Å². The van der Waals surface area contributed by atoms with Crippen LogP contribution in [0.4, 0.5) is 11.6 Å². The molecule has 0 fully saturated rings. The number of carbonyl (C=O) groups is 1. The van der Waals surface area contributed by atoms with Crippen LogP contribution in [0.5, 0.6) is 17.2 Å². The number of aromatic nitrogens is 3. The molecule has 0 aliphatic carbocycles. The van der Waals surface area contributed by atoms with E-state index < -0.39 is 6.04 Å². The predicted molar refractivity (Wildman–Crippen MR) is 146 cm³/mol. The van der Waals surface area contributed by atoms with E-state index in [1.165, 1.54) is 0 Å². The molecule has 194 valence electrons. The molecule has 9 nitrogen and oxygen atoms in total. The van der Waals surface area contributed by atoms with Crippen LogP contribution in [0.1, 0.15) is 24.1 Å². The molecule has 1 amide bonds. The zero-order valence-corrected chi connectivity index (χ0v) is 21.9. The number of carbonyl (C=O) groups excluding carboxylic acids is 1. The summed E-state index contributed by atoms with van der Waals surface area (Å²) in [6.45, 7) is 3.87. The van der Waals surface area contributed by atoms with E-state index in [-0.39, 0.29) is 5.91 Å². The summed E-state index contributed by atoms with van der Waals surface area (Å²) in [6, 6.07) is 20.2. The molecular formula is C29H29N5O4. The van der Waals surface area contributed by atoms with Gasteiger partial charge in [0, 0.05) is 28.6 Å². The number of allylic oxidation sites excluding steroid dienone is 1. The Morgan fingerprint density at radius 2 is 1.61 bits per heavy atom. The van der Waals surface area contributed by atoms with Crippen molar-refractivity contribution in [1.82, 2.24) is 14.8 Å². The third-order valence-electron chi connectivity index (χ3n) is 6.44. The van der Waals surface area contributed by atoms with Gasteiger partial charge in [0.15, 0.2) is 17.3 Å². The van der Waals surface area contributed by atoms with Gasteiger partial charge in [-0.2, -0.15) is 4.98 Å². The second kappa shape index (κ2) is 10.3. The van der Waals surface area contributed by atoms with Crippen molar-refractivity contribution in [3.8, 4) is 28.6 Å². The topological polar surface area (TPSA) is 99.5 Å². The summed E-state index contributed by atoms with van der Waals surface area (Å²) >= 11 is 0. The van der Waals surface area contributed by atoms with Gasteiger partial charge in [-0.05, 0) is 38.1 Å². The molecule has 1 aliphatic rings. The number of hydrogen-bond donors (Lipinski definition) is 2. The molecule has 4 aromatic rings. The van der Waals surface area contributed by atoms with Crippen molar-refractivity contribution in [3.05, 3.63) is 89.1 Å². The lowest BCUT2D eigenvalue weighted by Gasteiger charge is -2.30. The van der Waals surface area contributed by atoms with Crippen LogP contribution < -0.4 is 24.8 Å². The van der Waals surface area contributed by atoms with E-state index in [9.17, 15) is 4.79 Å². The van der Waals surface area contributed by atoms with E-state index in [1.807, 2.05) is 74.5 Å². The fourth-order valence-corrected chi connectivity index (χ4v) is 4.63. The maximum atomic E-state index is 13.8. The van der Waals surface area contributed by atoms with E-state index in [0.717, 1.165) is 11.1 Å². The Hall–Kier alpha value is -4.79. The highest BCUT2D eigenvalue weighted by molar-refractivity contribution is 6.06.